The van der Waals surface area contributed by atoms with Gasteiger partial charge in [-0.15, -0.1) is 0 Å². The number of hydrogen-bond donors (Lipinski definition) is 0. The normalized spacial score (nSPS) is 19.4. The van der Waals surface area contributed by atoms with Crippen LogP contribution in [-0.4, -0.2) is 50.0 Å². The highest BCUT2D eigenvalue weighted by molar-refractivity contribution is 7.91. The van der Waals surface area contributed by atoms with E-state index in [-0.39, 0.29) is 24.0 Å². The first-order chi connectivity index (χ1) is 12.9. The van der Waals surface area contributed by atoms with Gasteiger partial charge in [0, 0.05) is 6.04 Å². The van der Waals surface area contributed by atoms with E-state index in [1.165, 1.54) is 13.4 Å². The van der Waals surface area contributed by atoms with Crippen molar-refractivity contribution in [3.63, 3.8) is 0 Å². The fourth-order valence-electron chi connectivity index (χ4n) is 3.17. The Morgan fingerprint density at radius 2 is 2.00 bits per heavy atom. The zero-order chi connectivity index (χ0) is 19.4. The van der Waals surface area contributed by atoms with Crippen LogP contribution >= 0.6 is 0 Å². The van der Waals surface area contributed by atoms with Crippen LogP contribution in [-0.2, 0) is 21.2 Å². The quantitative estimate of drug-likeness (QED) is 0.717. The molecule has 0 spiro atoms. The van der Waals surface area contributed by atoms with Crippen LogP contribution in [0.2, 0.25) is 0 Å². The van der Waals surface area contributed by atoms with Crippen molar-refractivity contribution >= 4 is 15.7 Å². The number of hydrogen-bond acceptors (Lipinski definition) is 6. The third kappa shape index (κ3) is 4.63. The van der Waals surface area contributed by atoms with Crippen LogP contribution in [0.1, 0.15) is 19.1 Å². The molecular formula is C19H23NO6S. The second kappa shape index (κ2) is 8.04. The van der Waals surface area contributed by atoms with Crippen LogP contribution in [0.25, 0.3) is 0 Å². The number of methoxy groups -OCH3 is 1. The smallest absolute Gasteiger partial charge is 0.264 e. The fraction of sp³-hybridized carbons (Fsp3) is 0.421. The van der Waals surface area contributed by atoms with E-state index in [1.54, 1.807) is 42.2 Å². The van der Waals surface area contributed by atoms with Gasteiger partial charge in [0.15, 0.2) is 27.4 Å². The molecule has 2 atom stereocenters. The van der Waals surface area contributed by atoms with Gasteiger partial charge in [0.1, 0.15) is 5.76 Å². The van der Waals surface area contributed by atoms with Crippen molar-refractivity contribution < 1.29 is 27.1 Å². The lowest BCUT2D eigenvalue weighted by Gasteiger charge is -2.30. The molecule has 27 heavy (non-hydrogen) atoms. The molecule has 1 aromatic heterocycles. The number of nitrogens with zero attached hydrogens (tertiary/aromatic N) is 1. The van der Waals surface area contributed by atoms with Gasteiger partial charge in [-0.3, -0.25) is 4.79 Å². The predicted octanol–water partition coefficient (Wildman–Crippen LogP) is 2.27. The lowest BCUT2D eigenvalue weighted by atomic mass is 10.2. The van der Waals surface area contributed by atoms with Crippen molar-refractivity contribution in [3.05, 3.63) is 48.4 Å². The Kier molecular flexibility index (Phi) is 5.74. The first-order valence-electron chi connectivity index (χ1n) is 8.72. The van der Waals surface area contributed by atoms with Gasteiger partial charge >= 0.3 is 0 Å². The summed E-state index contributed by atoms with van der Waals surface area (Å²) < 4.78 is 40.2. The molecule has 3 rings (SSSR count). The van der Waals surface area contributed by atoms with E-state index in [2.05, 4.69) is 0 Å². The lowest BCUT2D eigenvalue weighted by Crippen LogP contribution is -2.46. The van der Waals surface area contributed by atoms with Crippen LogP contribution in [0.4, 0.5) is 0 Å². The van der Waals surface area contributed by atoms with E-state index in [0.29, 0.717) is 23.7 Å². The molecule has 0 unspecified atom stereocenters. The molecule has 1 fully saturated rings. The number of sulfone groups is 1. The summed E-state index contributed by atoms with van der Waals surface area (Å²) in [5, 5.41) is 0. The standard InChI is InChI=1S/C19H23NO6S/c1-14(26-18-8-4-3-7-17(18)24-2)19(21)20(12-16-6-5-10-25-16)15-9-11-27(22,23)13-15/h3-8,10,14-15H,9,11-13H2,1-2H3/t14-,15-/m1/s1. The molecule has 0 saturated carbocycles. The van der Waals surface area contributed by atoms with Gasteiger partial charge in [-0.2, -0.15) is 0 Å². The van der Waals surface area contributed by atoms with E-state index in [9.17, 15) is 13.2 Å². The number of benzene rings is 1. The minimum atomic E-state index is -3.13. The Hall–Kier alpha value is -2.48. The van der Waals surface area contributed by atoms with Crippen molar-refractivity contribution in [2.45, 2.75) is 32.0 Å². The van der Waals surface area contributed by atoms with Crippen LogP contribution in [0.3, 0.4) is 0 Å². The molecule has 0 N–H and O–H groups in total. The predicted molar refractivity (Wildman–Crippen MR) is 99.4 cm³/mol. The zero-order valence-electron chi connectivity index (χ0n) is 15.3. The summed E-state index contributed by atoms with van der Waals surface area (Å²) in [6.45, 7) is 1.85. The molecule has 1 aromatic carbocycles. The van der Waals surface area contributed by atoms with Gasteiger partial charge in [-0.25, -0.2) is 8.42 Å². The summed E-state index contributed by atoms with van der Waals surface area (Å²) in [5.41, 5.74) is 0. The summed E-state index contributed by atoms with van der Waals surface area (Å²) in [6.07, 6.45) is 1.13. The number of carbonyl (C=O) groups is 1. The van der Waals surface area contributed by atoms with Gasteiger partial charge in [0.05, 0.1) is 31.4 Å². The Morgan fingerprint density at radius 3 is 2.59 bits per heavy atom. The largest absolute Gasteiger partial charge is 0.493 e. The summed E-state index contributed by atoms with van der Waals surface area (Å²) in [5.74, 6) is 1.33. The Morgan fingerprint density at radius 1 is 1.26 bits per heavy atom. The number of para-hydroxylation sites is 2. The Labute approximate surface area is 158 Å². The second-order valence-corrected chi connectivity index (χ2v) is 8.74. The molecule has 1 amide bonds. The first-order valence-corrected chi connectivity index (χ1v) is 10.5. The summed E-state index contributed by atoms with van der Waals surface area (Å²) in [4.78, 5) is 14.6. The molecule has 2 heterocycles. The number of ether oxygens (including phenoxy) is 2. The molecular weight excluding hydrogens is 370 g/mol. The highest BCUT2D eigenvalue weighted by atomic mass is 32.2. The second-order valence-electron chi connectivity index (χ2n) is 6.51. The van der Waals surface area contributed by atoms with Crippen molar-refractivity contribution in [2.75, 3.05) is 18.6 Å². The molecule has 0 radical (unpaired) electrons. The molecule has 1 aliphatic rings. The fourth-order valence-corrected chi connectivity index (χ4v) is 4.90. The topological polar surface area (TPSA) is 86.1 Å². The van der Waals surface area contributed by atoms with Crippen molar-refractivity contribution in [3.8, 4) is 11.5 Å². The summed E-state index contributed by atoms with van der Waals surface area (Å²) >= 11 is 0. The van der Waals surface area contributed by atoms with Crippen molar-refractivity contribution in [1.29, 1.82) is 0 Å². The molecule has 2 aromatic rings. The van der Waals surface area contributed by atoms with Gasteiger partial charge in [0.2, 0.25) is 0 Å². The Balaban J connectivity index is 1.79. The number of rotatable bonds is 7. The molecule has 8 heteroatoms. The van der Waals surface area contributed by atoms with Crippen LogP contribution in [0.15, 0.2) is 47.1 Å². The minimum absolute atomic E-state index is 0.0408. The van der Waals surface area contributed by atoms with Gasteiger partial charge in [-0.05, 0) is 37.6 Å². The van der Waals surface area contributed by atoms with Crippen LogP contribution in [0, 0.1) is 0 Å². The van der Waals surface area contributed by atoms with Crippen molar-refractivity contribution in [1.82, 2.24) is 4.90 Å². The third-order valence-electron chi connectivity index (χ3n) is 4.56. The van der Waals surface area contributed by atoms with Gasteiger partial charge in [0.25, 0.3) is 5.91 Å². The maximum absolute atomic E-state index is 13.1. The average Bonchev–Trinajstić information content (AvgIpc) is 3.28. The highest BCUT2D eigenvalue weighted by Crippen LogP contribution is 2.28. The average molecular weight is 393 g/mol. The monoisotopic (exact) mass is 393 g/mol. The maximum atomic E-state index is 13.1. The van der Waals surface area contributed by atoms with E-state index < -0.39 is 22.0 Å². The number of amides is 1. The number of furan rings is 1. The van der Waals surface area contributed by atoms with E-state index in [0.717, 1.165) is 0 Å². The summed E-state index contributed by atoms with van der Waals surface area (Å²) in [7, 11) is -1.60. The minimum Gasteiger partial charge on any atom is -0.493 e. The zero-order valence-corrected chi connectivity index (χ0v) is 16.1. The molecule has 1 aliphatic heterocycles. The van der Waals surface area contributed by atoms with Gasteiger partial charge in [-0.1, -0.05) is 12.1 Å². The maximum Gasteiger partial charge on any atom is 0.264 e. The molecule has 7 nitrogen and oxygen atoms in total. The lowest BCUT2D eigenvalue weighted by molar-refractivity contribution is -0.141. The van der Waals surface area contributed by atoms with Crippen LogP contribution in [0.5, 0.6) is 11.5 Å². The van der Waals surface area contributed by atoms with E-state index >= 15 is 0 Å². The van der Waals surface area contributed by atoms with Crippen molar-refractivity contribution in [2.24, 2.45) is 0 Å². The van der Waals surface area contributed by atoms with E-state index in [1.807, 2.05) is 6.07 Å². The molecule has 0 bridgehead atoms. The Bertz CT molecular complexity index is 877. The molecule has 146 valence electrons. The molecule has 1 saturated heterocycles. The third-order valence-corrected chi connectivity index (χ3v) is 6.31. The number of carbonyl (C=O) groups excluding carboxylic acids is 1. The molecule has 0 aliphatic carbocycles. The summed E-state index contributed by atoms with van der Waals surface area (Å²) in [6, 6.07) is 10.2. The first kappa shape index (κ1) is 19.3. The highest BCUT2D eigenvalue weighted by Gasteiger charge is 2.37. The van der Waals surface area contributed by atoms with Gasteiger partial charge < -0.3 is 18.8 Å². The van der Waals surface area contributed by atoms with E-state index in [4.69, 9.17) is 13.9 Å². The SMILES string of the molecule is COc1ccccc1O[C@H](C)C(=O)N(Cc1ccco1)[C@@H]1CCS(=O)(=O)C1. The van der Waals surface area contributed by atoms with Crippen LogP contribution < -0.4 is 9.47 Å².